The molecule has 114 valence electrons. The van der Waals surface area contributed by atoms with Gasteiger partial charge in [-0.25, -0.2) is 4.39 Å². The smallest absolute Gasteiger partial charge is 0.150 e. The highest BCUT2D eigenvalue weighted by molar-refractivity contribution is 8.00. The van der Waals surface area contributed by atoms with Gasteiger partial charge in [0, 0.05) is 34.3 Å². The van der Waals surface area contributed by atoms with Crippen LogP contribution in [0.15, 0.2) is 47.8 Å². The highest BCUT2D eigenvalue weighted by atomic mass is 32.2. The van der Waals surface area contributed by atoms with E-state index in [1.807, 2.05) is 30.1 Å². The number of hydrogen-bond acceptors (Lipinski definition) is 3. The van der Waals surface area contributed by atoms with E-state index in [0.29, 0.717) is 16.3 Å². The maximum atomic E-state index is 14.1. The molecule has 0 radical (unpaired) electrons. The summed E-state index contributed by atoms with van der Waals surface area (Å²) in [6, 6.07) is 9.02. The van der Waals surface area contributed by atoms with Gasteiger partial charge in [-0.15, -0.1) is 11.8 Å². The Morgan fingerprint density at radius 2 is 2.13 bits per heavy atom. The van der Waals surface area contributed by atoms with Gasteiger partial charge in [0.05, 0.1) is 16.8 Å². The van der Waals surface area contributed by atoms with E-state index in [2.05, 4.69) is 11.1 Å². The van der Waals surface area contributed by atoms with E-state index in [9.17, 15) is 9.65 Å². The first-order valence-corrected chi connectivity index (χ1v) is 8.46. The lowest BCUT2D eigenvalue weighted by Crippen LogP contribution is -2.13. The largest absolute Gasteiger partial charge is 0.313 e. The SMILES string of the molecule is N#Cc1ccc(-c2cnccc2SC2CCC2)n2ccc(F)c12. The molecule has 0 saturated heterocycles. The maximum absolute atomic E-state index is 14.1. The third-order valence-electron chi connectivity index (χ3n) is 4.28. The Hall–Kier alpha value is -2.32. The van der Waals surface area contributed by atoms with Crippen molar-refractivity contribution in [3.63, 3.8) is 0 Å². The summed E-state index contributed by atoms with van der Waals surface area (Å²) in [5.41, 5.74) is 2.51. The van der Waals surface area contributed by atoms with Crippen LogP contribution in [-0.4, -0.2) is 14.6 Å². The maximum Gasteiger partial charge on any atom is 0.150 e. The number of fused-ring (bicyclic) bond motifs is 1. The molecule has 0 aromatic carbocycles. The van der Waals surface area contributed by atoms with Gasteiger partial charge < -0.3 is 4.40 Å². The van der Waals surface area contributed by atoms with Gasteiger partial charge in [0.25, 0.3) is 0 Å². The van der Waals surface area contributed by atoms with Gasteiger partial charge in [0.2, 0.25) is 0 Å². The Morgan fingerprint density at radius 3 is 2.87 bits per heavy atom. The van der Waals surface area contributed by atoms with Crippen molar-refractivity contribution >= 4 is 17.3 Å². The van der Waals surface area contributed by atoms with E-state index in [4.69, 9.17) is 0 Å². The van der Waals surface area contributed by atoms with Crippen LogP contribution in [-0.2, 0) is 0 Å². The van der Waals surface area contributed by atoms with Crippen molar-refractivity contribution in [2.45, 2.75) is 29.4 Å². The second-order valence-corrected chi connectivity index (χ2v) is 7.01. The molecule has 0 N–H and O–H groups in total. The summed E-state index contributed by atoms with van der Waals surface area (Å²) in [5, 5.41) is 9.87. The summed E-state index contributed by atoms with van der Waals surface area (Å²) in [6.45, 7) is 0. The molecule has 1 saturated carbocycles. The van der Waals surface area contributed by atoms with Crippen molar-refractivity contribution in [1.29, 1.82) is 5.26 Å². The fourth-order valence-electron chi connectivity index (χ4n) is 2.84. The summed E-state index contributed by atoms with van der Waals surface area (Å²) >= 11 is 1.87. The lowest BCUT2D eigenvalue weighted by molar-refractivity contribution is 0.522. The first-order valence-electron chi connectivity index (χ1n) is 7.58. The van der Waals surface area contributed by atoms with E-state index in [1.165, 1.54) is 25.3 Å². The molecular formula is C18H14FN3S. The van der Waals surface area contributed by atoms with Crippen LogP contribution in [0.3, 0.4) is 0 Å². The van der Waals surface area contributed by atoms with E-state index in [-0.39, 0.29) is 5.82 Å². The highest BCUT2D eigenvalue weighted by Crippen LogP contribution is 2.40. The van der Waals surface area contributed by atoms with Gasteiger partial charge in [-0.1, -0.05) is 6.42 Å². The standard InChI is InChI=1S/C18H14FN3S/c19-15-7-9-22-16(5-4-12(10-20)18(15)22)14-11-21-8-6-17(14)23-13-2-1-3-13/h4-9,11,13H,1-3H2. The average Bonchev–Trinajstić information content (AvgIpc) is 2.93. The molecule has 0 unspecified atom stereocenters. The first-order chi connectivity index (χ1) is 11.3. The Morgan fingerprint density at radius 1 is 1.26 bits per heavy atom. The van der Waals surface area contributed by atoms with Crippen molar-refractivity contribution < 1.29 is 4.39 Å². The molecule has 0 aliphatic heterocycles. The van der Waals surface area contributed by atoms with Crippen LogP contribution in [0.2, 0.25) is 0 Å². The molecule has 1 fully saturated rings. The van der Waals surface area contributed by atoms with Gasteiger partial charge >= 0.3 is 0 Å². The van der Waals surface area contributed by atoms with E-state index < -0.39 is 0 Å². The number of pyridine rings is 2. The predicted octanol–water partition coefficient (Wildman–Crippen LogP) is 4.66. The normalized spacial score (nSPS) is 14.6. The lowest BCUT2D eigenvalue weighted by Gasteiger charge is -2.25. The number of hydrogen-bond donors (Lipinski definition) is 0. The van der Waals surface area contributed by atoms with Gasteiger partial charge in [0.15, 0.2) is 0 Å². The molecule has 1 aliphatic rings. The zero-order chi connectivity index (χ0) is 15.8. The van der Waals surface area contributed by atoms with Gasteiger partial charge in [-0.3, -0.25) is 4.98 Å². The summed E-state index contributed by atoms with van der Waals surface area (Å²) in [5.74, 6) is -0.375. The molecule has 3 aromatic rings. The fourth-order valence-corrected chi connectivity index (χ4v) is 4.20. The van der Waals surface area contributed by atoms with Crippen LogP contribution in [0.25, 0.3) is 16.8 Å². The van der Waals surface area contributed by atoms with Crippen molar-refractivity contribution in [2.75, 3.05) is 0 Å². The minimum absolute atomic E-state index is 0.327. The Bertz CT molecular complexity index is 922. The van der Waals surface area contributed by atoms with Gasteiger partial charge in [-0.2, -0.15) is 5.26 Å². The number of thioether (sulfide) groups is 1. The molecule has 4 rings (SSSR count). The minimum Gasteiger partial charge on any atom is -0.313 e. The van der Waals surface area contributed by atoms with Crippen LogP contribution < -0.4 is 0 Å². The topological polar surface area (TPSA) is 41.1 Å². The zero-order valence-corrected chi connectivity index (χ0v) is 13.2. The Labute approximate surface area is 137 Å². The number of halogens is 1. The third kappa shape index (κ3) is 2.40. The van der Waals surface area contributed by atoms with E-state index >= 15 is 0 Å². The summed E-state index contributed by atoms with van der Waals surface area (Å²) < 4.78 is 15.8. The molecule has 3 heterocycles. The molecule has 0 bridgehead atoms. The van der Waals surface area contributed by atoms with Crippen molar-refractivity contribution in [1.82, 2.24) is 9.38 Å². The Kier molecular flexibility index (Phi) is 3.55. The molecule has 5 heteroatoms. The summed E-state index contributed by atoms with van der Waals surface area (Å²) in [4.78, 5) is 5.40. The second-order valence-electron chi connectivity index (χ2n) is 5.67. The quantitative estimate of drug-likeness (QED) is 0.704. The Balaban J connectivity index is 1.88. The summed E-state index contributed by atoms with van der Waals surface area (Å²) in [7, 11) is 0. The van der Waals surface area contributed by atoms with Crippen molar-refractivity contribution in [3.8, 4) is 17.3 Å². The monoisotopic (exact) mass is 323 g/mol. The fraction of sp³-hybridized carbons (Fsp3) is 0.222. The molecule has 0 amide bonds. The molecule has 3 aromatic heterocycles. The van der Waals surface area contributed by atoms with Crippen LogP contribution >= 0.6 is 11.8 Å². The molecule has 0 spiro atoms. The zero-order valence-electron chi connectivity index (χ0n) is 12.4. The van der Waals surface area contributed by atoms with Gasteiger partial charge in [-0.05, 0) is 37.1 Å². The summed E-state index contributed by atoms with van der Waals surface area (Å²) in [6.07, 6.45) is 9.07. The highest BCUT2D eigenvalue weighted by Gasteiger charge is 2.21. The molecule has 3 nitrogen and oxygen atoms in total. The van der Waals surface area contributed by atoms with Crippen LogP contribution in [0, 0.1) is 17.1 Å². The lowest BCUT2D eigenvalue weighted by atomic mass is 10.00. The number of nitrogens with zero attached hydrogens (tertiary/aromatic N) is 3. The van der Waals surface area contributed by atoms with Crippen LogP contribution in [0.4, 0.5) is 4.39 Å². The molecular weight excluding hydrogens is 309 g/mol. The predicted molar refractivity (Wildman–Crippen MR) is 88.8 cm³/mol. The number of rotatable bonds is 3. The van der Waals surface area contributed by atoms with E-state index in [0.717, 1.165) is 16.2 Å². The second kappa shape index (κ2) is 5.71. The number of nitriles is 1. The number of aromatic nitrogens is 2. The molecule has 23 heavy (non-hydrogen) atoms. The van der Waals surface area contributed by atoms with Crippen LogP contribution in [0.1, 0.15) is 24.8 Å². The van der Waals surface area contributed by atoms with Crippen molar-refractivity contribution in [2.24, 2.45) is 0 Å². The average molecular weight is 323 g/mol. The van der Waals surface area contributed by atoms with Gasteiger partial charge in [0.1, 0.15) is 11.9 Å². The third-order valence-corrected chi connectivity index (χ3v) is 5.70. The van der Waals surface area contributed by atoms with Crippen LogP contribution in [0.5, 0.6) is 0 Å². The first kappa shape index (κ1) is 14.3. The molecule has 1 aliphatic carbocycles. The van der Waals surface area contributed by atoms with E-state index in [1.54, 1.807) is 22.9 Å². The molecule has 0 atom stereocenters. The van der Waals surface area contributed by atoms with Crippen molar-refractivity contribution in [3.05, 3.63) is 54.2 Å². The minimum atomic E-state index is -0.375.